The Morgan fingerprint density at radius 1 is 1.39 bits per heavy atom. The van der Waals surface area contributed by atoms with E-state index in [0.29, 0.717) is 15.5 Å². The Kier molecular flexibility index (Phi) is 4.14. The first-order valence-electron chi connectivity index (χ1n) is 5.17. The molecule has 0 aliphatic rings. The summed E-state index contributed by atoms with van der Waals surface area (Å²) in [7, 11) is 0. The van der Waals surface area contributed by atoms with E-state index in [2.05, 4.69) is 20.9 Å². The van der Waals surface area contributed by atoms with Gasteiger partial charge in [-0.3, -0.25) is 4.79 Å². The number of Topliss-reactive ketones (excluding diaryl/α,β-unsaturated/α-hetero) is 1. The van der Waals surface area contributed by atoms with Crippen molar-refractivity contribution >= 4 is 33.5 Å². The van der Waals surface area contributed by atoms with Crippen molar-refractivity contribution in [2.24, 2.45) is 0 Å². The molecule has 2 rings (SSSR count). The molecule has 1 heterocycles. The summed E-state index contributed by atoms with van der Waals surface area (Å²) in [6, 6.07) is 8.10. The van der Waals surface area contributed by atoms with E-state index in [1.165, 1.54) is 24.8 Å². The number of halogens is 2. The van der Waals surface area contributed by atoms with E-state index in [1.807, 2.05) is 6.07 Å². The minimum atomic E-state index is -0.412. The first-order chi connectivity index (χ1) is 8.58. The highest BCUT2D eigenvalue weighted by Gasteiger charge is 2.10. The van der Waals surface area contributed by atoms with E-state index in [4.69, 9.17) is 0 Å². The van der Waals surface area contributed by atoms with Gasteiger partial charge in [0.15, 0.2) is 5.78 Å². The highest BCUT2D eigenvalue weighted by molar-refractivity contribution is 9.10. The SMILES string of the molecule is CC(=O)c1ccc(Sc2ncccc2Br)c(F)c1. The Balaban J connectivity index is 2.30. The molecule has 0 amide bonds. The van der Waals surface area contributed by atoms with Gasteiger partial charge >= 0.3 is 0 Å². The van der Waals surface area contributed by atoms with Crippen molar-refractivity contribution in [1.29, 1.82) is 0 Å². The Morgan fingerprint density at radius 2 is 2.17 bits per heavy atom. The maximum Gasteiger partial charge on any atom is 0.159 e. The molecule has 5 heteroatoms. The van der Waals surface area contributed by atoms with Crippen molar-refractivity contribution < 1.29 is 9.18 Å². The third kappa shape index (κ3) is 2.97. The van der Waals surface area contributed by atoms with Crippen LogP contribution in [0.1, 0.15) is 17.3 Å². The van der Waals surface area contributed by atoms with E-state index in [1.54, 1.807) is 24.4 Å². The van der Waals surface area contributed by atoms with Gasteiger partial charge in [-0.25, -0.2) is 9.37 Å². The van der Waals surface area contributed by atoms with Gasteiger partial charge in [0.05, 0.1) is 4.47 Å². The van der Waals surface area contributed by atoms with Crippen molar-refractivity contribution in [2.75, 3.05) is 0 Å². The maximum absolute atomic E-state index is 13.8. The summed E-state index contributed by atoms with van der Waals surface area (Å²) >= 11 is 4.57. The van der Waals surface area contributed by atoms with Crippen LogP contribution in [0.2, 0.25) is 0 Å². The predicted octanol–water partition coefficient (Wildman–Crippen LogP) is 4.34. The number of hydrogen-bond donors (Lipinski definition) is 0. The molecule has 1 aromatic heterocycles. The molecule has 0 fully saturated rings. The van der Waals surface area contributed by atoms with Crippen LogP contribution >= 0.6 is 27.7 Å². The van der Waals surface area contributed by atoms with Crippen LogP contribution in [0.3, 0.4) is 0 Å². The largest absolute Gasteiger partial charge is 0.295 e. The number of nitrogens with zero attached hydrogens (tertiary/aromatic N) is 1. The molecule has 2 nitrogen and oxygen atoms in total. The molecule has 0 spiro atoms. The van der Waals surface area contributed by atoms with Crippen LogP contribution in [0.5, 0.6) is 0 Å². The lowest BCUT2D eigenvalue weighted by Crippen LogP contribution is -1.94. The van der Waals surface area contributed by atoms with Crippen LogP contribution in [0.4, 0.5) is 4.39 Å². The first-order valence-corrected chi connectivity index (χ1v) is 6.78. The molecule has 0 unspecified atom stereocenters. The van der Waals surface area contributed by atoms with Gasteiger partial charge in [-0.2, -0.15) is 0 Å². The number of rotatable bonds is 3. The second-order valence-corrected chi connectivity index (χ2v) is 5.48. The monoisotopic (exact) mass is 325 g/mol. The zero-order valence-corrected chi connectivity index (χ0v) is 11.9. The van der Waals surface area contributed by atoms with Crippen molar-refractivity contribution in [2.45, 2.75) is 16.8 Å². The van der Waals surface area contributed by atoms with Crippen molar-refractivity contribution in [3.05, 3.63) is 52.4 Å². The summed E-state index contributed by atoms with van der Waals surface area (Å²) in [5.74, 6) is -0.560. The third-order valence-corrected chi connectivity index (χ3v) is 4.24. The summed E-state index contributed by atoms with van der Waals surface area (Å²) < 4.78 is 14.6. The Labute approximate surface area is 117 Å². The number of ketones is 1. The smallest absolute Gasteiger partial charge is 0.159 e. The number of aromatic nitrogens is 1. The predicted molar refractivity (Wildman–Crippen MR) is 72.5 cm³/mol. The van der Waals surface area contributed by atoms with Crippen molar-refractivity contribution in [1.82, 2.24) is 4.98 Å². The zero-order valence-electron chi connectivity index (χ0n) is 9.48. The number of hydrogen-bond acceptors (Lipinski definition) is 3. The minimum Gasteiger partial charge on any atom is -0.295 e. The van der Waals surface area contributed by atoms with Gasteiger partial charge < -0.3 is 0 Å². The second-order valence-electron chi connectivity index (χ2n) is 3.59. The number of benzene rings is 1. The molecular weight excluding hydrogens is 317 g/mol. The quantitative estimate of drug-likeness (QED) is 0.786. The second kappa shape index (κ2) is 5.63. The van der Waals surface area contributed by atoms with Gasteiger partial charge in [-0.1, -0.05) is 17.8 Å². The van der Waals surface area contributed by atoms with Crippen LogP contribution in [0.25, 0.3) is 0 Å². The van der Waals surface area contributed by atoms with Crippen LogP contribution in [0, 0.1) is 5.82 Å². The van der Waals surface area contributed by atoms with Crippen molar-refractivity contribution in [3.63, 3.8) is 0 Å². The molecule has 0 saturated heterocycles. The fourth-order valence-electron chi connectivity index (χ4n) is 1.35. The van der Waals surface area contributed by atoms with Gasteiger partial charge in [0.25, 0.3) is 0 Å². The number of carbonyl (C=O) groups excluding carboxylic acids is 1. The average molecular weight is 326 g/mol. The lowest BCUT2D eigenvalue weighted by molar-refractivity contribution is 0.101. The van der Waals surface area contributed by atoms with E-state index >= 15 is 0 Å². The standard InChI is InChI=1S/C13H9BrFNOS/c1-8(17)9-4-5-12(11(15)7-9)18-13-10(14)3-2-6-16-13/h2-7H,1H3. The fourth-order valence-corrected chi connectivity index (χ4v) is 2.63. The molecule has 1 aromatic carbocycles. The first kappa shape index (κ1) is 13.2. The van der Waals surface area contributed by atoms with Crippen LogP contribution < -0.4 is 0 Å². The molecular formula is C13H9BrFNOS. The Bertz CT molecular complexity index is 603. The molecule has 0 atom stereocenters. The van der Waals surface area contributed by atoms with E-state index in [9.17, 15) is 9.18 Å². The molecule has 0 saturated carbocycles. The fraction of sp³-hybridized carbons (Fsp3) is 0.0769. The third-order valence-electron chi connectivity index (χ3n) is 2.27. The highest BCUT2D eigenvalue weighted by Crippen LogP contribution is 2.33. The Morgan fingerprint density at radius 3 is 2.78 bits per heavy atom. The number of carbonyl (C=O) groups is 1. The zero-order chi connectivity index (χ0) is 13.1. The molecule has 0 aliphatic heterocycles. The summed E-state index contributed by atoms with van der Waals surface area (Å²) in [4.78, 5) is 15.7. The lowest BCUT2D eigenvalue weighted by atomic mass is 10.1. The van der Waals surface area contributed by atoms with Gasteiger partial charge in [-0.05, 0) is 47.1 Å². The molecule has 92 valence electrons. The molecule has 0 N–H and O–H groups in total. The summed E-state index contributed by atoms with van der Waals surface area (Å²) in [6.07, 6.45) is 1.65. The topological polar surface area (TPSA) is 30.0 Å². The normalized spacial score (nSPS) is 10.4. The lowest BCUT2D eigenvalue weighted by Gasteiger charge is -2.05. The minimum absolute atomic E-state index is 0.149. The van der Waals surface area contributed by atoms with Crippen LogP contribution in [0.15, 0.2) is 50.9 Å². The van der Waals surface area contributed by atoms with Crippen molar-refractivity contribution in [3.8, 4) is 0 Å². The van der Waals surface area contributed by atoms with Crippen LogP contribution in [-0.4, -0.2) is 10.8 Å². The summed E-state index contributed by atoms with van der Waals surface area (Å²) in [6.45, 7) is 1.41. The molecule has 0 bridgehead atoms. The maximum atomic E-state index is 13.8. The highest BCUT2D eigenvalue weighted by atomic mass is 79.9. The van der Waals surface area contributed by atoms with E-state index < -0.39 is 5.82 Å². The number of pyridine rings is 1. The summed E-state index contributed by atoms with van der Waals surface area (Å²) in [5, 5.41) is 0.687. The van der Waals surface area contributed by atoms with Crippen LogP contribution in [-0.2, 0) is 0 Å². The van der Waals surface area contributed by atoms with Gasteiger partial charge in [0, 0.05) is 16.7 Å². The van der Waals surface area contributed by atoms with Gasteiger partial charge in [0.2, 0.25) is 0 Å². The summed E-state index contributed by atoms with van der Waals surface area (Å²) in [5.41, 5.74) is 0.372. The molecule has 2 aromatic rings. The molecule has 0 radical (unpaired) electrons. The molecule has 0 aliphatic carbocycles. The molecule has 18 heavy (non-hydrogen) atoms. The Hall–Kier alpha value is -1.20. The van der Waals surface area contributed by atoms with E-state index in [-0.39, 0.29) is 5.78 Å². The van der Waals surface area contributed by atoms with Gasteiger partial charge in [0.1, 0.15) is 10.8 Å². The van der Waals surface area contributed by atoms with E-state index in [0.717, 1.165) is 4.47 Å². The van der Waals surface area contributed by atoms with Gasteiger partial charge in [-0.15, -0.1) is 0 Å². The average Bonchev–Trinajstić information content (AvgIpc) is 2.34.